The van der Waals surface area contributed by atoms with Gasteiger partial charge in [0, 0.05) is 6.54 Å². The summed E-state index contributed by atoms with van der Waals surface area (Å²) in [5, 5.41) is 0.435. The quantitative estimate of drug-likeness (QED) is 0.563. The van der Waals surface area contributed by atoms with Crippen molar-refractivity contribution in [2.45, 2.75) is 13.0 Å². The molecule has 0 bridgehead atoms. The van der Waals surface area contributed by atoms with Gasteiger partial charge in [0.1, 0.15) is 5.58 Å². The number of ether oxygens (including phenoxy) is 3. The Kier molecular flexibility index (Phi) is 5.19. The molecule has 1 amide bonds. The summed E-state index contributed by atoms with van der Waals surface area (Å²) in [6.45, 7) is 5.90. The van der Waals surface area contributed by atoms with E-state index in [0.717, 1.165) is 5.56 Å². The lowest BCUT2D eigenvalue weighted by Gasteiger charge is -2.25. The van der Waals surface area contributed by atoms with E-state index in [1.165, 1.54) is 21.3 Å². The molecule has 160 valence electrons. The molecule has 3 aromatic rings. The van der Waals surface area contributed by atoms with Gasteiger partial charge < -0.3 is 23.5 Å². The number of fused-ring (bicyclic) bond motifs is 2. The second kappa shape index (κ2) is 7.83. The van der Waals surface area contributed by atoms with E-state index in [1.54, 1.807) is 35.2 Å². The van der Waals surface area contributed by atoms with Crippen LogP contribution in [0, 0.1) is 6.92 Å². The molecule has 1 atom stereocenters. The highest BCUT2D eigenvalue weighted by Gasteiger charge is 2.42. The Labute approximate surface area is 179 Å². The van der Waals surface area contributed by atoms with Gasteiger partial charge in [0.15, 0.2) is 16.9 Å². The predicted octanol–water partition coefficient (Wildman–Crippen LogP) is 3.86. The van der Waals surface area contributed by atoms with E-state index in [-0.39, 0.29) is 23.6 Å². The third-order valence-corrected chi connectivity index (χ3v) is 5.45. The average Bonchev–Trinajstić information content (AvgIpc) is 3.05. The maximum Gasteiger partial charge on any atom is 0.291 e. The Morgan fingerprint density at radius 3 is 2.32 bits per heavy atom. The first-order valence-corrected chi connectivity index (χ1v) is 9.74. The highest BCUT2D eigenvalue weighted by atomic mass is 16.5. The first-order chi connectivity index (χ1) is 14.9. The second-order valence-electron chi connectivity index (χ2n) is 7.28. The number of hydrogen-bond acceptors (Lipinski definition) is 6. The van der Waals surface area contributed by atoms with Gasteiger partial charge in [-0.15, -0.1) is 6.58 Å². The van der Waals surface area contributed by atoms with E-state index in [9.17, 15) is 9.59 Å². The third kappa shape index (κ3) is 3.13. The fraction of sp³-hybridized carbons (Fsp3) is 0.250. The molecule has 0 N–H and O–H groups in total. The van der Waals surface area contributed by atoms with Crippen molar-refractivity contribution in [3.05, 3.63) is 75.7 Å². The van der Waals surface area contributed by atoms with Crippen LogP contribution in [0.3, 0.4) is 0 Å². The van der Waals surface area contributed by atoms with Crippen LogP contribution in [0.15, 0.2) is 52.2 Å². The summed E-state index contributed by atoms with van der Waals surface area (Å²) in [7, 11) is 4.55. The van der Waals surface area contributed by atoms with Crippen LogP contribution in [0.25, 0.3) is 11.0 Å². The molecule has 31 heavy (non-hydrogen) atoms. The van der Waals surface area contributed by atoms with E-state index in [2.05, 4.69) is 6.58 Å². The molecule has 0 radical (unpaired) electrons. The number of rotatable bonds is 6. The number of carbonyl (C=O) groups excluding carboxylic acids is 1. The van der Waals surface area contributed by atoms with Crippen molar-refractivity contribution in [2.75, 3.05) is 27.9 Å². The molecule has 4 rings (SSSR count). The molecule has 0 fully saturated rings. The van der Waals surface area contributed by atoms with Crippen LogP contribution < -0.4 is 19.6 Å². The lowest BCUT2D eigenvalue weighted by Crippen LogP contribution is -2.29. The minimum atomic E-state index is -0.685. The van der Waals surface area contributed by atoms with Gasteiger partial charge in [0.05, 0.1) is 38.3 Å². The van der Waals surface area contributed by atoms with Gasteiger partial charge in [-0.1, -0.05) is 17.7 Å². The minimum absolute atomic E-state index is 0.0435. The summed E-state index contributed by atoms with van der Waals surface area (Å²) in [5.74, 6) is 0.958. The smallest absolute Gasteiger partial charge is 0.291 e. The number of carbonyl (C=O) groups is 1. The fourth-order valence-corrected chi connectivity index (χ4v) is 4.07. The van der Waals surface area contributed by atoms with Crippen molar-refractivity contribution >= 4 is 16.9 Å². The standard InChI is InChI=1S/C24H23NO6/c1-6-9-25-20(14-11-17(28-3)22(30-5)18(12-14)29-4)19-21(26)15-10-13(2)7-8-16(15)31-23(19)24(25)27/h6-8,10-12,20H,1,9H2,2-5H3. The van der Waals surface area contributed by atoms with Gasteiger partial charge in [0.2, 0.25) is 11.5 Å². The molecule has 7 nitrogen and oxygen atoms in total. The van der Waals surface area contributed by atoms with Gasteiger partial charge >= 0.3 is 0 Å². The summed E-state index contributed by atoms with van der Waals surface area (Å²) in [5.41, 5.74) is 2.00. The van der Waals surface area contributed by atoms with Crippen molar-refractivity contribution in [2.24, 2.45) is 0 Å². The predicted molar refractivity (Wildman–Crippen MR) is 116 cm³/mol. The highest BCUT2D eigenvalue weighted by Crippen LogP contribution is 2.44. The molecular weight excluding hydrogens is 398 g/mol. The zero-order chi connectivity index (χ0) is 22.3. The summed E-state index contributed by atoms with van der Waals surface area (Å²) < 4.78 is 22.3. The fourth-order valence-electron chi connectivity index (χ4n) is 4.07. The van der Waals surface area contributed by atoms with Crippen LogP contribution in [-0.4, -0.2) is 38.7 Å². The van der Waals surface area contributed by atoms with Crippen molar-refractivity contribution < 1.29 is 23.4 Å². The van der Waals surface area contributed by atoms with Crippen molar-refractivity contribution in [1.29, 1.82) is 0 Å². The summed E-state index contributed by atoms with van der Waals surface area (Å²) in [4.78, 5) is 28.3. The molecule has 1 aliphatic heterocycles. The average molecular weight is 421 g/mol. The summed E-state index contributed by atoms with van der Waals surface area (Å²) >= 11 is 0. The van der Waals surface area contributed by atoms with E-state index >= 15 is 0 Å². The monoisotopic (exact) mass is 421 g/mol. The molecule has 2 heterocycles. The highest BCUT2D eigenvalue weighted by molar-refractivity contribution is 5.99. The molecule has 0 saturated carbocycles. The third-order valence-electron chi connectivity index (χ3n) is 5.45. The van der Waals surface area contributed by atoms with E-state index < -0.39 is 6.04 Å². The van der Waals surface area contributed by atoms with Crippen LogP contribution in [0.1, 0.15) is 33.3 Å². The number of benzene rings is 2. The second-order valence-corrected chi connectivity index (χ2v) is 7.28. The molecule has 2 aromatic carbocycles. The van der Waals surface area contributed by atoms with Crippen LogP contribution in [0.4, 0.5) is 0 Å². The molecule has 1 aromatic heterocycles. The minimum Gasteiger partial charge on any atom is -0.493 e. The van der Waals surface area contributed by atoms with Crippen LogP contribution >= 0.6 is 0 Å². The molecule has 7 heteroatoms. The molecule has 1 unspecified atom stereocenters. The Hall–Kier alpha value is -3.74. The largest absolute Gasteiger partial charge is 0.493 e. The first-order valence-electron chi connectivity index (χ1n) is 9.74. The van der Waals surface area contributed by atoms with Gasteiger partial charge in [-0.2, -0.15) is 0 Å². The first kappa shape index (κ1) is 20.5. The van der Waals surface area contributed by atoms with Gasteiger partial charge in [-0.05, 0) is 36.8 Å². The molecule has 1 aliphatic rings. The van der Waals surface area contributed by atoms with E-state index in [4.69, 9.17) is 18.6 Å². The summed E-state index contributed by atoms with van der Waals surface area (Å²) in [6.07, 6.45) is 1.61. The maximum absolute atomic E-state index is 13.5. The number of methoxy groups -OCH3 is 3. The van der Waals surface area contributed by atoms with Crippen molar-refractivity contribution in [3.63, 3.8) is 0 Å². The van der Waals surface area contributed by atoms with Gasteiger partial charge in [-0.25, -0.2) is 0 Å². The molecule has 0 aliphatic carbocycles. The SMILES string of the molecule is C=CCN1C(=O)c2oc3ccc(C)cc3c(=O)c2C1c1cc(OC)c(OC)c(OC)c1. The van der Waals surface area contributed by atoms with Crippen molar-refractivity contribution in [3.8, 4) is 17.2 Å². The number of amides is 1. The number of aryl methyl sites for hydroxylation is 1. The Morgan fingerprint density at radius 1 is 1.06 bits per heavy atom. The Morgan fingerprint density at radius 2 is 1.74 bits per heavy atom. The molecule has 0 spiro atoms. The zero-order valence-corrected chi connectivity index (χ0v) is 17.9. The van der Waals surface area contributed by atoms with Crippen LogP contribution in [0.5, 0.6) is 17.2 Å². The maximum atomic E-state index is 13.5. The van der Waals surface area contributed by atoms with E-state index in [0.29, 0.717) is 39.3 Å². The number of nitrogens with zero attached hydrogens (tertiary/aromatic N) is 1. The lowest BCUT2D eigenvalue weighted by atomic mass is 9.97. The Balaban J connectivity index is 2.03. The van der Waals surface area contributed by atoms with Crippen LogP contribution in [0.2, 0.25) is 0 Å². The van der Waals surface area contributed by atoms with Crippen molar-refractivity contribution in [1.82, 2.24) is 4.90 Å². The summed E-state index contributed by atoms with van der Waals surface area (Å²) in [6, 6.07) is 8.12. The van der Waals surface area contributed by atoms with Crippen LogP contribution in [-0.2, 0) is 0 Å². The van der Waals surface area contributed by atoms with E-state index in [1.807, 2.05) is 13.0 Å². The molecule has 0 saturated heterocycles. The topological polar surface area (TPSA) is 78.2 Å². The Bertz CT molecular complexity index is 1230. The number of hydrogen-bond donors (Lipinski definition) is 0. The zero-order valence-electron chi connectivity index (χ0n) is 17.9. The van der Waals surface area contributed by atoms with Gasteiger partial charge in [-0.3, -0.25) is 9.59 Å². The lowest BCUT2D eigenvalue weighted by molar-refractivity contribution is 0.0748. The normalized spacial score (nSPS) is 15.2. The molecular formula is C24H23NO6. The van der Waals surface area contributed by atoms with Gasteiger partial charge in [0.25, 0.3) is 5.91 Å².